The molecule has 4 nitrogen and oxygen atoms in total. The minimum absolute atomic E-state index is 0.276. The van der Waals surface area contributed by atoms with Gasteiger partial charge in [0.15, 0.2) is 0 Å². The van der Waals surface area contributed by atoms with Crippen LogP contribution in [0.5, 0.6) is 5.75 Å². The average Bonchev–Trinajstić information content (AvgIpc) is 2.41. The first-order valence-corrected chi connectivity index (χ1v) is 7.52. The SMILES string of the molecule is CCOc1ccccc1NS(=O)(=O)c1ccccc1F. The second-order valence-electron chi connectivity index (χ2n) is 3.97. The first-order chi connectivity index (χ1) is 9.54. The van der Waals surface area contributed by atoms with Crippen LogP contribution in [0.1, 0.15) is 6.92 Å². The molecule has 0 saturated heterocycles. The average molecular weight is 295 g/mol. The molecule has 0 fully saturated rings. The van der Waals surface area contributed by atoms with Crippen molar-refractivity contribution in [2.75, 3.05) is 11.3 Å². The number of benzene rings is 2. The Labute approximate surface area is 117 Å². The van der Waals surface area contributed by atoms with Gasteiger partial charge in [-0.15, -0.1) is 0 Å². The summed E-state index contributed by atoms with van der Waals surface area (Å²) in [6.45, 7) is 2.20. The molecule has 0 aliphatic carbocycles. The Morgan fingerprint density at radius 1 is 1.10 bits per heavy atom. The van der Waals surface area contributed by atoms with Gasteiger partial charge in [0.05, 0.1) is 12.3 Å². The molecule has 20 heavy (non-hydrogen) atoms. The third-order valence-corrected chi connectivity index (χ3v) is 3.96. The highest BCUT2D eigenvalue weighted by Crippen LogP contribution is 2.27. The molecule has 2 aromatic rings. The summed E-state index contributed by atoms with van der Waals surface area (Å²) >= 11 is 0. The molecule has 2 aromatic carbocycles. The molecule has 106 valence electrons. The number of anilines is 1. The predicted octanol–water partition coefficient (Wildman–Crippen LogP) is 3.03. The summed E-state index contributed by atoms with van der Waals surface area (Å²) in [6.07, 6.45) is 0. The van der Waals surface area contributed by atoms with E-state index in [9.17, 15) is 12.8 Å². The van der Waals surface area contributed by atoms with Crippen LogP contribution in [0.25, 0.3) is 0 Å². The van der Waals surface area contributed by atoms with E-state index in [0.717, 1.165) is 6.07 Å². The zero-order valence-electron chi connectivity index (χ0n) is 10.8. The lowest BCUT2D eigenvalue weighted by atomic mass is 10.3. The molecule has 0 aliphatic rings. The second-order valence-corrected chi connectivity index (χ2v) is 5.62. The van der Waals surface area contributed by atoms with Crippen molar-refractivity contribution in [1.29, 1.82) is 0 Å². The number of hydrogen-bond donors (Lipinski definition) is 1. The van der Waals surface area contributed by atoms with E-state index in [1.165, 1.54) is 18.2 Å². The van der Waals surface area contributed by atoms with Crippen LogP contribution in [-0.2, 0) is 10.0 Å². The fraction of sp³-hybridized carbons (Fsp3) is 0.143. The minimum Gasteiger partial charge on any atom is -0.492 e. The van der Waals surface area contributed by atoms with E-state index in [4.69, 9.17) is 4.74 Å². The molecule has 0 aliphatic heterocycles. The maximum absolute atomic E-state index is 13.6. The van der Waals surface area contributed by atoms with Crippen LogP contribution in [0, 0.1) is 5.82 Å². The first kappa shape index (κ1) is 14.3. The summed E-state index contributed by atoms with van der Waals surface area (Å²) in [5.74, 6) is -0.399. The molecule has 0 heterocycles. The zero-order valence-corrected chi connectivity index (χ0v) is 11.7. The van der Waals surface area contributed by atoms with Crippen LogP contribution in [0.15, 0.2) is 53.4 Å². The fourth-order valence-electron chi connectivity index (χ4n) is 1.69. The molecular weight excluding hydrogens is 281 g/mol. The van der Waals surface area contributed by atoms with Crippen LogP contribution >= 0.6 is 0 Å². The Kier molecular flexibility index (Phi) is 4.24. The topological polar surface area (TPSA) is 55.4 Å². The molecule has 0 radical (unpaired) electrons. The Balaban J connectivity index is 2.37. The van der Waals surface area contributed by atoms with Crippen LogP contribution in [0.4, 0.5) is 10.1 Å². The highest BCUT2D eigenvalue weighted by molar-refractivity contribution is 7.92. The van der Waals surface area contributed by atoms with Gasteiger partial charge < -0.3 is 4.74 Å². The fourth-order valence-corrected chi connectivity index (χ4v) is 2.85. The van der Waals surface area contributed by atoms with Gasteiger partial charge in [-0.1, -0.05) is 24.3 Å². The van der Waals surface area contributed by atoms with E-state index in [1.807, 2.05) is 0 Å². The molecule has 0 atom stereocenters. The third-order valence-electron chi connectivity index (χ3n) is 2.56. The van der Waals surface area contributed by atoms with E-state index in [2.05, 4.69) is 4.72 Å². The molecule has 2 rings (SSSR count). The maximum Gasteiger partial charge on any atom is 0.264 e. The summed E-state index contributed by atoms with van der Waals surface area (Å²) < 4.78 is 45.6. The van der Waals surface area contributed by atoms with Crippen molar-refractivity contribution in [3.05, 3.63) is 54.3 Å². The van der Waals surface area contributed by atoms with Crippen LogP contribution in [-0.4, -0.2) is 15.0 Å². The van der Waals surface area contributed by atoms with Gasteiger partial charge >= 0.3 is 0 Å². The Morgan fingerprint density at radius 2 is 1.75 bits per heavy atom. The molecular formula is C14H14FNO3S. The van der Waals surface area contributed by atoms with E-state index in [0.29, 0.717) is 12.4 Å². The van der Waals surface area contributed by atoms with Crippen LogP contribution in [0.2, 0.25) is 0 Å². The van der Waals surface area contributed by atoms with Gasteiger partial charge in [0.2, 0.25) is 0 Å². The summed E-state index contributed by atoms with van der Waals surface area (Å²) in [7, 11) is -3.99. The molecule has 0 spiro atoms. The molecule has 0 amide bonds. The monoisotopic (exact) mass is 295 g/mol. The quantitative estimate of drug-likeness (QED) is 0.922. The van der Waals surface area contributed by atoms with Crippen molar-refractivity contribution >= 4 is 15.7 Å². The lowest BCUT2D eigenvalue weighted by molar-refractivity contribution is 0.342. The largest absolute Gasteiger partial charge is 0.492 e. The van der Waals surface area contributed by atoms with Crippen molar-refractivity contribution in [3.63, 3.8) is 0 Å². The summed E-state index contributed by atoms with van der Waals surface area (Å²) in [4.78, 5) is -0.397. The van der Waals surface area contributed by atoms with Gasteiger partial charge in [0, 0.05) is 0 Å². The number of rotatable bonds is 5. The van der Waals surface area contributed by atoms with Gasteiger partial charge in [0.1, 0.15) is 16.5 Å². The molecule has 1 N–H and O–H groups in total. The van der Waals surface area contributed by atoms with Gasteiger partial charge in [0.25, 0.3) is 10.0 Å². The van der Waals surface area contributed by atoms with Gasteiger partial charge in [-0.25, -0.2) is 12.8 Å². The number of nitrogens with one attached hydrogen (secondary N) is 1. The van der Waals surface area contributed by atoms with Gasteiger partial charge in [-0.05, 0) is 31.2 Å². The molecule has 0 saturated carbocycles. The molecule has 0 unspecified atom stereocenters. The van der Waals surface area contributed by atoms with E-state index < -0.39 is 20.7 Å². The van der Waals surface area contributed by atoms with E-state index in [-0.39, 0.29) is 5.69 Å². The van der Waals surface area contributed by atoms with E-state index in [1.54, 1.807) is 31.2 Å². The minimum atomic E-state index is -3.99. The zero-order chi connectivity index (χ0) is 14.6. The highest BCUT2D eigenvalue weighted by atomic mass is 32.2. The number of ether oxygens (including phenoxy) is 1. The molecule has 0 bridgehead atoms. The van der Waals surface area contributed by atoms with Gasteiger partial charge in [-0.3, -0.25) is 4.72 Å². The number of para-hydroxylation sites is 2. The smallest absolute Gasteiger partial charge is 0.264 e. The van der Waals surface area contributed by atoms with E-state index >= 15 is 0 Å². The second kappa shape index (κ2) is 5.92. The predicted molar refractivity (Wildman–Crippen MR) is 74.8 cm³/mol. The summed E-state index contributed by atoms with van der Waals surface area (Å²) in [5, 5.41) is 0. The maximum atomic E-state index is 13.6. The highest BCUT2D eigenvalue weighted by Gasteiger charge is 2.19. The number of hydrogen-bond acceptors (Lipinski definition) is 3. The first-order valence-electron chi connectivity index (χ1n) is 6.04. The van der Waals surface area contributed by atoms with Crippen molar-refractivity contribution in [3.8, 4) is 5.75 Å². The Morgan fingerprint density at radius 3 is 2.45 bits per heavy atom. The van der Waals surface area contributed by atoms with Crippen LogP contribution in [0.3, 0.4) is 0 Å². The number of sulfonamides is 1. The molecule has 0 aromatic heterocycles. The summed E-state index contributed by atoms with van der Waals surface area (Å²) in [5.41, 5.74) is 0.276. The Hall–Kier alpha value is -2.08. The van der Waals surface area contributed by atoms with Crippen molar-refractivity contribution in [2.45, 2.75) is 11.8 Å². The lowest BCUT2D eigenvalue weighted by Crippen LogP contribution is -2.15. The normalized spacial score (nSPS) is 11.1. The lowest BCUT2D eigenvalue weighted by Gasteiger charge is -2.12. The van der Waals surface area contributed by atoms with Crippen molar-refractivity contribution in [2.24, 2.45) is 0 Å². The standard InChI is InChI=1S/C14H14FNO3S/c1-2-19-13-9-5-4-8-12(13)16-20(17,18)14-10-6-3-7-11(14)15/h3-10,16H,2H2,1H3. The number of halogens is 1. The molecule has 6 heteroatoms. The Bertz CT molecular complexity index is 701. The van der Waals surface area contributed by atoms with Crippen molar-refractivity contribution in [1.82, 2.24) is 0 Å². The third kappa shape index (κ3) is 3.08. The van der Waals surface area contributed by atoms with Crippen LogP contribution < -0.4 is 9.46 Å². The summed E-state index contributed by atoms with van der Waals surface area (Å²) in [6, 6.07) is 11.8. The van der Waals surface area contributed by atoms with Crippen molar-refractivity contribution < 1.29 is 17.5 Å². The van der Waals surface area contributed by atoms with Gasteiger partial charge in [-0.2, -0.15) is 0 Å².